The van der Waals surface area contributed by atoms with Crippen LogP contribution in [0, 0.1) is 0 Å². The number of aromatic nitrogens is 2. The van der Waals surface area contributed by atoms with Crippen molar-refractivity contribution in [1.29, 1.82) is 0 Å². The lowest BCUT2D eigenvalue weighted by Gasteiger charge is -2.20. The van der Waals surface area contributed by atoms with Crippen LogP contribution in [-0.2, 0) is 13.5 Å². The first-order chi connectivity index (χ1) is 10.2. The zero-order valence-corrected chi connectivity index (χ0v) is 13.5. The van der Waals surface area contributed by atoms with E-state index in [-0.39, 0.29) is 0 Å². The van der Waals surface area contributed by atoms with Gasteiger partial charge in [0.2, 0.25) is 0 Å². The van der Waals surface area contributed by atoms with E-state index in [2.05, 4.69) is 40.0 Å². The molecular formula is C16H21N3OS. The highest BCUT2D eigenvalue weighted by Gasteiger charge is 2.33. The fourth-order valence-corrected chi connectivity index (χ4v) is 4.14. The molecule has 1 aliphatic rings. The minimum absolute atomic E-state index is 0.349. The summed E-state index contributed by atoms with van der Waals surface area (Å²) in [6.07, 6.45) is 4.92. The maximum absolute atomic E-state index is 5.38. The summed E-state index contributed by atoms with van der Waals surface area (Å²) in [7, 11) is 3.77. The Bertz CT molecular complexity index is 626. The molecule has 0 spiro atoms. The van der Waals surface area contributed by atoms with Crippen LogP contribution in [0.3, 0.4) is 0 Å². The lowest BCUT2D eigenvalue weighted by Crippen LogP contribution is -2.27. The van der Waals surface area contributed by atoms with E-state index in [1.54, 1.807) is 7.11 Å². The summed E-state index contributed by atoms with van der Waals surface area (Å²) in [6, 6.07) is 6.76. The van der Waals surface area contributed by atoms with Crippen molar-refractivity contribution in [3.8, 4) is 5.75 Å². The van der Waals surface area contributed by atoms with Gasteiger partial charge in [-0.3, -0.25) is 0 Å². The fraction of sp³-hybridized carbons (Fsp3) is 0.438. The second-order valence-corrected chi connectivity index (χ2v) is 6.49. The van der Waals surface area contributed by atoms with Gasteiger partial charge in [-0.05, 0) is 36.2 Å². The predicted octanol–water partition coefficient (Wildman–Crippen LogP) is 2.80. The monoisotopic (exact) mass is 303 g/mol. The van der Waals surface area contributed by atoms with Crippen LogP contribution in [0.25, 0.3) is 0 Å². The lowest BCUT2D eigenvalue weighted by molar-refractivity contribution is 0.413. The van der Waals surface area contributed by atoms with Crippen LogP contribution in [0.1, 0.15) is 24.1 Å². The molecule has 1 aromatic carbocycles. The zero-order chi connectivity index (χ0) is 14.8. The average molecular weight is 303 g/mol. The third kappa shape index (κ3) is 2.80. The second kappa shape index (κ2) is 6.12. The van der Waals surface area contributed by atoms with Gasteiger partial charge >= 0.3 is 0 Å². The molecule has 0 saturated carbocycles. The number of aryl methyl sites for hydroxylation is 1. The molecule has 2 atom stereocenters. The van der Waals surface area contributed by atoms with Gasteiger partial charge in [0, 0.05) is 30.7 Å². The van der Waals surface area contributed by atoms with Crippen LogP contribution in [0.5, 0.6) is 5.75 Å². The molecule has 112 valence electrons. The van der Waals surface area contributed by atoms with Gasteiger partial charge in [0.15, 0.2) is 5.16 Å². The Morgan fingerprint density at radius 2 is 2.33 bits per heavy atom. The Morgan fingerprint density at radius 1 is 1.48 bits per heavy atom. The summed E-state index contributed by atoms with van der Waals surface area (Å²) in [5.41, 5.74) is 2.77. The zero-order valence-electron chi connectivity index (χ0n) is 12.7. The minimum atomic E-state index is 0.349. The highest BCUT2D eigenvalue weighted by molar-refractivity contribution is 7.99. The standard InChI is InChI=1S/C16H21N3OS/c1-4-17-15-13-10-12(20-3)6-5-11(13)9-14(15)21-16-18-7-8-19(16)2/h5-8,10,14-15,17H,4,9H2,1-3H3. The highest BCUT2D eigenvalue weighted by atomic mass is 32.2. The number of hydrogen-bond donors (Lipinski definition) is 1. The number of ether oxygens (including phenoxy) is 1. The smallest absolute Gasteiger partial charge is 0.168 e. The molecule has 0 amide bonds. The van der Waals surface area contributed by atoms with E-state index in [0.717, 1.165) is 23.9 Å². The van der Waals surface area contributed by atoms with Crippen molar-refractivity contribution in [3.05, 3.63) is 41.7 Å². The number of imidazole rings is 1. The molecule has 1 heterocycles. The first kappa shape index (κ1) is 14.5. The first-order valence-corrected chi connectivity index (χ1v) is 8.15. The molecule has 4 nitrogen and oxygen atoms in total. The summed E-state index contributed by atoms with van der Waals surface area (Å²) < 4.78 is 7.46. The molecule has 1 aliphatic carbocycles. The van der Waals surface area contributed by atoms with E-state index < -0.39 is 0 Å². The van der Waals surface area contributed by atoms with E-state index >= 15 is 0 Å². The Labute approximate surface area is 129 Å². The largest absolute Gasteiger partial charge is 0.497 e. The van der Waals surface area contributed by atoms with Crippen LogP contribution in [0.15, 0.2) is 35.7 Å². The van der Waals surface area contributed by atoms with Gasteiger partial charge in [0.05, 0.1) is 7.11 Å². The van der Waals surface area contributed by atoms with Gasteiger partial charge in [0.1, 0.15) is 5.75 Å². The molecule has 2 aromatic rings. The minimum Gasteiger partial charge on any atom is -0.497 e. The second-order valence-electron chi connectivity index (χ2n) is 5.28. The summed E-state index contributed by atoms with van der Waals surface area (Å²) in [5, 5.41) is 5.16. The molecule has 1 N–H and O–H groups in total. The number of nitrogens with zero attached hydrogens (tertiary/aromatic N) is 2. The van der Waals surface area contributed by atoms with Crippen LogP contribution >= 0.6 is 11.8 Å². The quantitative estimate of drug-likeness (QED) is 0.922. The average Bonchev–Trinajstić information content (AvgIpc) is 3.04. The highest BCUT2D eigenvalue weighted by Crippen LogP contribution is 2.42. The Balaban J connectivity index is 1.87. The molecule has 0 fully saturated rings. The Kier molecular flexibility index (Phi) is 4.22. The SMILES string of the molecule is CCNC1c2cc(OC)ccc2CC1Sc1nccn1C. The van der Waals surface area contributed by atoms with Gasteiger partial charge in [0.25, 0.3) is 0 Å². The van der Waals surface area contributed by atoms with Gasteiger partial charge < -0.3 is 14.6 Å². The number of fused-ring (bicyclic) bond motifs is 1. The van der Waals surface area contributed by atoms with Gasteiger partial charge in [-0.15, -0.1) is 0 Å². The van der Waals surface area contributed by atoms with E-state index in [1.165, 1.54) is 11.1 Å². The number of benzene rings is 1. The van der Waals surface area contributed by atoms with Gasteiger partial charge in [-0.25, -0.2) is 4.98 Å². The van der Waals surface area contributed by atoms with Crippen LogP contribution in [0.4, 0.5) is 0 Å². The number of rotatable bonds is 5. The van der Waals surface area contributed by atoms with Crippen molar-refractivity contribution in [2.75, 3.05) is 13.7 Å². The summed E-state index contributed by atoms with van der Waals surface area (Å²) in [6.45, 7) is 3.11. The Morgan fingerprint density at radius 3 is 3.00 bits per heavy atom. The lowest BCUT2D eigenvalue weighted by atomic mass is 10.1. The summed E-state index contributed by atoms with van der Waals surface area (Å²) >= 11 is 1.85. The number of thioether (sulfide) groups is 1. The molecule has 3 rings (SSSR count). The van der Waals surface area contributed by atoms with Crippen molar-refractivity contribution < 1.29 is 4.74 Å². The maximum atomic E-state index is 5.38. The topological polar surface area (TPSA) is 39.1 Å². The van der Waals surface area contributed by atoms with Crippen molar-refractivity contribution in [3.63, 3.8) is 0 Å². The van der Waals surface area contributed by atoms with Crippen molar-refractivity contribution in [2.45, 2.75) is 29.8 Å². The van der Waals surface area contributed by atoms with Crippen molar-refractivity contribution >= 4 is 11.8 Å². The predicted molar refractivity (Wildman–Crippen MR) is 86.0 cm³/mol. The Hall–Kier alpha value is -1.46. The normalized spacial score (nSPS) is 20.5. The molecule has 5 heteroatoms. The maximum Gasteiger partial charge on any atom is 0.168 e. The first-order valence-electron chi connectivity index (χ1n) is 7.27. The van der Waals surface area contributed by atoms with Crippen LogP contribution in [0.2, 0.25) is 0 Å². The summed E-state index contributed by atoms with van der Waals surface area (Å²) in [5.74, 6) is 0.930. The van der Waals surface area contributed by atoms with E-state index in [4.69, 9.17) is 4.74 Å². The van der Waals surface area contributed by atoms with E-state index in [9.17, 15) is 0 Å². The van der Waals surface area contributed by atoms with Crippen molar-refractivity contribution in [1.82, 2.24) is 14.9 Å². The molecule has 0 bridgehead atoms. The number of hydrogen-bond acceptors (Lipinski definition) is 4. The molecule has 2 unspecified atom stereocenters. The van der Waals surface area contributed by atoms with Gasteiger partial charge in [-0.1, -0.05) is 24.8 Å². The molecule has 0 saturated heterocycles. The fourth-order valence-electron chi connectivity index (χ4n) is 2.88. The van der Waals surface area contributed by atoms with Crippen LogP contribution in [-0.4, -0.2) is 28.5 Å². The molecular weight excluding hydrogens is 282 g/mol. The summed E-state index contributed by atoms with van der Waals surface area (Å²) in [4.78, 5) is 4.44. The van der Waals surface area contributed by atoms with Gasteiger partial charge in [-0.2, -0.15) is 0 Å². The number of methoxy groups -OCH3 is 1. The van der Waals surface area contributed by atoms with E-state index in [0.29, 0.717) is 11.3 Å². The van der Waals surface area contributed by atoms with Crippen LogP contribution < -0.4 is 10.1 Å². The third-order valence-electron chi connectivity index (χ3n) is 3.94. The molecule has 0 aliphatic heterocycles. The molecule has 1 aromatic heterocycles. The van der Waals surface area contributed by atoms with E-state index in [1.807, 2.05) is 31.2 Å². The molecule has 0 radical (unpaired) electrons. The third-order valence-corrected chi connectivity index (χ3v) is 5.28. The molecule has 21 heavy (non-hydrogen) atoms. The van der Waals surface area contributed by atoms with Crippen molar-refractivity contribution in [2.24, 2.45) is 7.05 Å². The number of nitrogens with one attached hydrogen (secondary N) is 1.